The molecular formula is C56H40N4. The first kappa shape index (κ1) is 35.5. The van der Waals surface area contributed by atoms with Crippen molar-refractivity contribution in [3.8, 4) is 66.8 Å². The smallest absolute Gasteiger partial charge is 0.115 e. The number of fused-ring (bicyclic) bond motifs is 6. The van der Waals surface area contributed by atoms with Crippen molar-refractivity contribution in [2.75, 3.05) is 6.54 Å². The zero-order chi connectivity index (χ0) is 39.8. The molecule has 0 radical (unpaired) electrons. The number of benzene rings is 8. The highest BCUT2D eigenvalue weighted by Gasteiger charge is 2.17. The van der Waals surface area contributed by atoms with E-state index in [9.17, 15) is 0 Å². The SMILES string of the molecule is C1=Cc2c(c3ccccc3c3cc(-c4cc(-c5cccc(-c6cccc(C7=CN=CNC7)c6)c5)cc(-c5cccc(-c6cccc(-c7cncnc7)c6)c5)c4)ccc23)CC1. The number of nitrogens with one attached hydrogen (secondary N) is 1. The fourth-order valence-corrected chi connectivity index (χ4v) is 9.03. The largest absolute Gasteiger partial charge is 0.372 e. The Morgan fingerprint density at radius 3 is 1.53 bits per heavy atom. The normalized spacial score (nSPS) is 13.2. The maximum absolute atomic E-state index is 4.34. The van der Waals surface area contributed by atoms with E-state index in [1.165, 1.54) is 82.8 Å². The lowest BCUT2D eigenvalue weighted by atomic mass is 9.85. The standard InChI is InChI=1S/C56H40N4/c1-2-19-53-51(17-1)52-18-3-4-20-54(52)56-30-45(21-22-55(53)56)48-28-46(41-13-5-9-37(23-41)39-11-7-15-43(25-39)49-31-57-35-58-32-49)27-47(29-48)42-14-6-10-38(24-42)40-12-8-16-44(26-40)50-33-59-36-60-34-50/h2-16,18-33,35-36H,1,17,34H2,(H,59,60). The first-order chi connectivity index (χ1) is 29.7. The van der Waals surface area contributed by atoms with Crippen LogP contribution in [-0.2, 0) is 6.42 Å². The molecule has 4 heteroatoms. The van der Waals surface area contributed by atoms with E-state index < -0.39 is 0 Å². The highest BCUT2D eigenvalue weighted by atomic mass is 14.9. The van der Waals surface area contributed by atoms with Crippen LogP contribution in [0.5, 0.6) is 0 Å². The third kappa shape index (κ3) is 6.68. The summed E-state index contributed by atoms with van der Waals surface area (Å²) in [6.45, 7) is 0.765. The Balaban J connectivity index is 1.06. The fourth-order valence-electron chi connectivity index (χ4n) is 9.03. The fraction of sp³-hybridized carbons (Fsp3) is 0.0536. The highest BCUT2D eigenvalue weighted by Crippen LogP contribution is 2.41. The summed E-state index contributed by atoms with van der Waals surface area (Å²) >= 11 is 0. The topological polar surface area (TPSA) is 50.2 Å². The predicted molar refractivity (Wildman–Crippen MR) is 251 cm³/mol. The summed E-state index contributed by atoms with van der Waals surface area (Å²) in [5.74, 6) is 0. The van der Waals surface area contributed by atoms with Crippen molar-refractivity contribution in [3.05, 3.63) is 205 Å². The van der Waals surface area contributed by atoms with E-state index >= 15 is 0 Å². The van der Waals surface area contributed by atoms with Gasteiger partial charge in [0.15, 0.2) is 0 Å². The van der Waals surface area contributed by atoms with Gasteiger partial charge < -0.3 is 5.32 Å². The van der Waals surface area contributed by atoms with Crippen LogP contribution in [0.15, 0.2) is 194 Å². The lowest BCUT2D eigenvalue weighted by molar-refractivity contribution is 1.00. The van der Waals surface area contributed by atoms with Gasteiger partial charge in [0.05, 0.1) is 6.34 Å². The molecule has 9 aromatic rings. The number of aromatic nitrogens is 2. The van der Waals surface area contributed by atoms with Crippen molar-refractivity contribution < 1.29 is 0 Å². The number of nitrogens with zero attached hydrogens (tertiary/aromatic N) is 3. The lowest BCUT2D eigenvalue weighted by Gasteiger charge is -2.19. The molecule has 0 atom stereocenters. The summed E-state index contributed by atoms with van der Waals surface area (Å²) in [6.07, 6.45) is 15.8. The lowest BCUT2D eigenvalue weighted by Crippen LogP contribution is -2.16. The van der Waals surface area contributed by atoms with Gasteiger partial charge >= 0.3 is 0 Å². The van der Waals surface area contributed by atoms with E-state index in [0.717, 1.165) is 47.2 Å². The summed E-state index contributed by atoms with van der Waals surface area (Å²) < 4.78 is 0. The van der Waals surface area contributed by atoms with Gasteiger partial charge in [-0.15, -0.1) is 0 Å². The number of allylic oxidation sites excluding steroid dienone is 1. The maximum Gasteiger partial charge on any atom is 0.115 e. The van der Waals surface area contributed by atoms with Crippen LogP contribution in [0.4, 0.5) is 0 Å². The van der Waals surface area contributed by atoms with E-state index in [1.807, 2.05) is 18.6 Å². The summed E-state index contributed by atoms with van der Waals surface area (Å²) in [4.78, 5) is 12.9. The van der Waals surface area contributed by atoms with Gasteiger partial charge in [-0.25, -0.2) is 15.0 Å². The Hall–Kier alpha value is -7.69. The molecule has 0 amide bonds. The molecule has 2 heterocycles. The van der Waals surface area contributed by atoms with Crippen molar-refractivity contribution in [1.29, 1.82) is 0 Å². The van der Waals surface area contributed by atoms with Crippen LogP contribution >= 0.6 is 0 Å². The van der Waals surface area contributed by atoms with Gasteiger partial charge in [-0.2, -0.15) is 0 Å². The second-order valence-corrected chi connectivity index (χ2v) is 15.7. The number of hydrogen-bond acceptors (Lipinski definition) is 4. The van der Waals surface area contributed by atoms with Gasteiger partial charge in [0, 0.05) is 30.7 Å². The summed E-state index contributed by atoms with van der Waals surface area (Å²) in [5.41, 5.74) is 19.0. The third-order valence-electron chi connectivity index (χ3n) is 12.0. The van der Waals surface area contributed by atoms with Crippen molar-refractivity contribution in [2.45, 2.75) is 12.8 Å². The summed E-state index contributed by atoms with van der Waals surface area (Å²) in [5, 5.41) is 8.54. The van der Waals surface area contributed by atoms with Crippen LogP contribution in [0, 0.1) is 0 Å². The molecule has 0 fully saturated rings. The van der Waals surface area contributed by atoms with Gasteiger partial charge in [0.1, 0.15) is 6.33 Å². The molecule has 1 aliphatic carbocycles. The van der Waals surface area contributed by atoms with Crippen molar-refractivity contribution in [2.24, 2.45) is 4.99 Å². The molecule has 0 unspecified atom stereocenters. The molecule has 284 valence electrons. The van der Waals surface area contributed by atoms with Gasteiger partial charge in [-0.05, 0) is 166 Å². The van der Waals surface area contributed by atoms with Crippen molar-refractivity contribution >= 4 is 39.5 Å². The Labute approximate surface area is 350 Å². The van der Waals surface area contributed by atoms with E-state index in [1.54, 1.807) is 12.7 Å². The Morgan fingerprint density at radius 2 is 0.933 bits per heavy atom. The van der Waals surface area contributed by atoms with Crippen LogP contribution in [0.3, 0.4) is 0 Å². The van der Waals surface area contributed by atoms with Gasteiger partial charge in [0.25, 0.3) is 0 Å². The molecule has 2 aliphatic rings. The molecule has 8 aromatic carbocycles. The van der Waals surface area contributed by atoms with Crippen LogP contribution < -0.4 is 5.32 Å². The van der Waals surface area contributed by atoms with Crippen LogP contribution in [0.25, 0.3) is 100.0 Å². The second-order valence-electron chi connectivity index (χ2n) is 15.7. The molecule has 0 spiro atoms. The summed E-state index contributed by atoms with van der Waals surface area (Å²) in [6, 6.07) is 58.4. The molecule has 0 saturated heterocycles. The van der Waals surface area contributed by atoms with Crippen molar-refractivity contribution in [3.63, 3.8) is 0 Å². The number of aryl methyl sites for hydroxylation is 1. The van der Waals surface area contributed by atoms with Gasteiger partial charge in [-0.3, -0.25) is 0 Å². The zero-order valence-electron chi connectivity index (χ0n) is 33.0. The number of hydrogen-bond donors (Lipinski definition) is 1. The molecule has 1 aromatic heterocycles. The van der Waals surface area contributed by atoms with Crippen LogP contribution in [0.2, 0.25) is 0 Å². The zero-order valence-corrected chi connectivity index (χ0v) is 33.0. The Kier molecular flexibility index (Phi) is 9.01. The Bertz CT molecular complexity index is 3210. The average molecular weight is 769 g/mol. The predicted octanol–water partition coefficient (Wildman–Crippen LogP) is 13.7. The molecule has 0 saturated carbocycles. The molecular weight excluding hydrogens is 729 g/mol. The maximum atomic E-state index is 4.34. The van der Waals surface area contributed by atoms with Crippen LogP contribution in [-0.4, -0.2) is 22.9 Å². The van der Waals surface area contributed by atoms with E-state index in [0.29, 0.717) is 0 Å². The van der Waals surface area contributed by atoms with E-state index in [2.05, 4.69) is 190 Å². The minimum atomic E-state index is 0.765. The van der Waals surface area contributed by atoms with E-state index in [4.69, 9.17) is 0 Å². The molecule has 60 heavy (non-hydrogen) atoms. The molecule has 11 rings (SSSR count). The quantitative estimate of drug-likeness (QED) is 0.164. The van der Waals surface area contributed by atoms with Crippen LogP contribution in [0.1, 0.15) is 23.1 Å². The minimum Gasteiger partial charge on any atom is -0.372 e. The molecule has 1 aliphatic heterocycles. The second kappa shape index (κ2) is 15.2. The van der Waals surface area contributed by atoms with Gasteiger partial charge in [-0.1, -0.05) is 121 Å². The minimum absolute atomic E-state index is 0.765. The van der Waals surface area contributed by atoms with E-state index in [-0.39, 0.29) is 0 Å². The van der Waals surface area contributed by atoms with Gasteiger partial charge in [0.2, 0.25) is 0 Å². The molecule has 1 N–H and O–H groups in total. The molecule has 4 nitrogen and oxygen atoms in total. The first-order valence-electron chi connectivity index (χ1n) is 20.6. The third-order valence-corrected chi connectivity index (χ3v) is 12.0. The monoisotopic (exact) mass is 768 g/mol. The Morgan fingerprint density at radius 1 is 0.417 bits per heavy atom. The first-order valence-corrected chi connectivity index (χ1v) is 20.6. The summed E-state index contributed by atoms with van der Waals surface area (Å²) in [7, 11) is 0. The highest BCUT2D eigenvalue weighted by molar-refractivity contribution is 6.14. The number of aliphatic imine (C=N–C) groups is 1. The van der Waals surface area contributed by atoms with Crippen molar-refractivity contribution in [1.82, 2.24) is 15.3 Å². The average Bonchev–Trinajstić information content (AvgIpc) is 3.34. The number of rotatable bonds is 7. The molecule has 0 bridgehead atoms.